The van der Waals surface area contributed by atoms with Crippen molar-refractivity contribution in [1.82, 2.24) is 9.80 Å². The molecule has 5 unspecified atom stereocenters. The first-order valence-corrected chi connectivity index (χ1v) is 16.7. The zero-order chi connectivity index (χ0) is 30.7. The summed E-state index contributed by atoms with van der Waals surface area (Å²) in [6.45, 7) is 4.92. The molecular formula is C34H58N2O6. The van der Waals surface area contributed by atoms with E-state index in [1.54, 1.807) is 11.0 Å². The number of rotatable bonds is 20. The Morgan fingerprint density at radius 1 is 0.810 bits per heavy atom. The van der Waals surface area contributed by atoms with Crippen LogP contribution in [0.5, 0.6) is 0 Å². The van der Waals surface area contributed by atoms with Crippen molar-refractivity contribution in [2.45, 2.75) is 160 Å². The molecule has 8 heteroatoms. The van der Waals surface area contributed by atoms with Crippen LogP contribution in [-0.2, 0) is 19.1 Å². The fourth-order valence-corrected chi connectivity index (χ4v) is 6.16. The lowest BCUT2D eigenvalue weighted by atomic mass is 9.95. The summed E-state index contributed by atoms with van der Waals surface area (Å²) in [6.07, 6.45) is 21.5. The molecule has 0 aliphatic carbocycles. The lowest BCUT2D eigenvalue weighted by Crippen LogP contribution is -2.52. The first-order valence-electron chi connectivity index (χ1n) is 16.7. The lowest BCUT2D eigenvalue weighted by Gasteiger charge is -2.39. The third-order valence-corrected chi connectivity index (χ3v) is 8.65. The van der Waals surface area contributed by atoms with Gasteiger partial charge in [-0.25, -0.2) is 4.79 Å². The van der Waals surface area contributed by atoms with Crippen LogP contribution in [0.2, 0.25) is 0 Å². The fourth-order valence-electron chi connectivity index (χ4n) is 6.16. The first kappa shape index (κ1) is 36.0. The molecule has 2 amide bonds. The largest absolute Gasteiger partial charge is 0.467 e. The van der Waals surface area contributed by atoms with Gasteiger partial charge in [0.1, 0.15) is 6.04 Å². The predicted molar refractivity (Wildman–Crippen MR) is 167 cm³/mol. The zero-order valence-corrected chi connectivity index (χ0v) is 26.6. The summed E-state index contributed by atoms with van der Waals surface area (Å²) in [5.41, 5.74) is 0. The Hall–Kier alpha value is -2.19. The lowest BCUT2D eigenvalue weighted by molar-refractivity contribution is -0.156. The average Bonchev–Trinajstić information content (AvgIpc) is 2.98. The number of carbonyl (C=O) groups excluding carboxylic acids is 3. The SMILES string of the molecule is CCCCCC(O)C=CC1CCCC(=O)N1CCCCCC(C(=O)OC)N1C(=O)CCCC1C=CC(O)CCCCC. The van der Waals surface area contributed by atoms with E-state index in [0.29, 0.717) is 32.2 Å². The summed E-state index contributed by atoms with van der Waals surface area (Å²) >= 11 is 0. The quantitative estimate of drug-likeness (QED) is 0.105. The minimum atomic E-state index is -0.656. The normalized spacial score (nSPS) is 22.2. The molecule has 42 heavy (non-hydrogen) atoms. The smallest absolute Gasteiger partial charge is 0.328 e. The molecule has 0 aromatic carbocycles. The Balaban J connectivity index is 1.93. The monoisotopic (exact) mass is 590 g/mol. The Morgan fingerprint density at radius 2 is 1.36 bits per heavy atom. The zero-order valence-electron chi connectivity index (χ0n) is 26.6. The molecule has 2 fully saturated rings. The molecule has 2 rings (SSSR count). The van der Waals surface area contributed by atoms with E-state index in [0.717, 1.165) is 89.9 Å². The van der Waals surface area contributed by atoms with Crippen LogP contribution < -0.4 is 0 Å². The number of nitrogens with zero attached hydrogens (tertiary/aromatic N) is 2. The molecule has 5 atom stereocenters. The van der Waals surface area contributed by atoms with Gasteiger partial charge < -0.3 is 24.7 Å². The highest BCUT2D eigenvalue weighted by molar-refractivity contribution is 5.85. The van der Waals surface area contributed by atoms with E-state index in [-0.39, 0.29) is 23.9 Å². The topological polar surface area (TPSA) is 107 Å². The third kappa shape index (κ3) is 12.6. The Kier molecular flexibility index (Phi) is 17.7. The van der Waals surface area contributed by atoms with Crippen molar-refractivity contribution in [3.8, 4) is 0 Å². The maximum absolute atomic E-state index is 13.0. The van der Waals surface area contributed by atoms with Gasteiger partial charge in [0.15, 0.2) is 0 Å². The molecule has 2 heterocycles. The molecule has 2 saturated heterocycles. The minimum absolute atomic E-state index is 0.0192. The summed E-state index contributed by atoms with van der Waals surface area (Å²) in [5, 5.41) is 20.7. The van der Waals surface area contributed by atoms with Gasteiger partial charge in [0, 0.05) is 19.4 Å². The van der Waals surface area contributed by atoms with Crippen molar-refractivity contribution < 1.29 is 29.3 Å². The van der Waals surface area contributed by atoms with E-state index in [1.807, 2.05) is 23.1 Å². The van der Waals surface area contributed by atoms with Crippen LogP contribution >= 0.6 is 0 Å². The van der Waals surface area contributed by atoms with Gasteiger partial charge in [0.2, 0.25) is 11.8 Å². The van der Waals surface area contributed by atoms with E-state index in [9.17, 15) is 24.6 Å². The molecule has 0 radical (unpaired) electrons. The minimum Gasteiger partial charge on any atom is -0.467 e. The second-order valence-electron chi connectivity index (χ2n) is 12.1. The van der Waals surface area contributed by atoms with Gasteiger partial charge in [-0.3, -0.25) is 9.59 Å². The van der Waals surface area contributed by atoms with Crippen LogP contribution in [0, 0.1) is 0 Å². The highest BCUT2D eigenvalue weighted by atomic mass is 16.5. The molecular weight excluding hydrogens is 532 g/mol. The van der Waals surface area contributed by atoms with Gasteiger partial charge in [-0.05, 0) is 51.4 Å². The van der Waals surface area contributed by atoms with Crippen LogP contribution in [0.25, 0.3) is 0 Å². The predicted octanol–water partition coefficient (Wildman–Crippen LogP) is 5.85. The number of esters is 1. The average molecular weight is 591 g/mol. The van der Waals surface area contributed by atoms with Gasteiger partial charge in [0.05, 0.1) is 31.4 Å². The van der Waals surface area contributed by atoms with Crippen LogP contribution in [0.4, 0.5) is 0 Å². The van der Waals surface area contributed by atoms with E-state index < -0.39 is 24.2 Å². The second kappa shape index (κ2) is 20.7. The van der Waals surface area contributed by atoms with E-state index >= 15 is 0 Å². The number of piperidine rings is 2. The molecule has 0 bridgehead atoms. The maximum Gasteiger partial charge on any atom is 0.328 e. The van der Waals surface area contributed by atoms with Gasteiger partial charge in [-0.15, -0.1) is 0 Å². The molecule has 2 aliphatic heterocycles. The van der Waals surface area contributed by atoms with Gasteiger partial charge in [0.25, 0.3) is 0 Å². The number of hydrogen-bond donors (Lipinski definition) is 2. The van der Waals surface area contributed by atoms with Crippen molar-refractivity contribution in [1.29, 1.82) is 0 Å². The number of aliphatic hydroxyl groups excluding tert-OH is 2. The Morgan fingerprint density at radius 3 is 1.95 bits per heavy atom. The fraction of sp³-hybridized carbons (Fsp3) is 0.794. The van der Waals surface area contributed by atoms with Crippen molar-refractivity contribution in [3.05, 3.63) is 24.3 Å². The molecule has 240 valence electrons. The molecule has 0 saturated carbocycles. The van der Waals surface area contributed by atoms with Crippen LogP contribution in [0.15, 0.2) is 24.3 Å². The van der Waals surface area contributed by atoms with Crippen LogP contribution in [0.3, 0.4) is 0 Å². The number of unbranched alkanes of at least 4 members (excludes halogenated alkanes) is 6. The number of aliphatic hydroxyl groups is 2. The Labute approximate surface area is 254 Å². The van der Waals surface area contributed by atoms with Gasteiger partial charge >= 0.3 is 5.97 Å². The van der Waals surface area contributed by atoms with Crippen molar-refractivity contribution in [3.63, 3.8) is 0 Å². The van der Waals surface area contributed by atoms with Crippen molar-refractivity contribution >= 4 is 17.8 Å². The van der Waals surface area contributed by atoms with E-state index in [2.05, 4.69) is 13.8 Å². The third-order valence-electron chi connectivity index (χ3n) is 8.65. The van der Waals surface area contributed by atoms with E-state index in [4.69, 9.17) is 4.74 Å². The molecule has 8 nitrogen and oxygen atoms in total. The maximum atomic E-state index is 13.0. The first-order chi connectivity index (χ1) is 20.3. The van der Waals surface area contributed by atoms with Crippen molar-refractivity contribution in [2.24, 2.45) is 0 Å². The number of hydrogen-bond acceptors (Lipinski definition) is 6. The van der Waals surface area contributed by atoms with Gasteiger partial charge in [-0.2, -0.15) is 0 Å². The summed E-state index contributed by atoms with van der Waals surface area (Å²) in [7, 11) is 1.36. The highest BCUT2D eigenvalue weighted by Gasteiger charge is 2.36. The van der Waals surface area contributed by atoms with Crippen LogP contribution in [-0.4, -0.2) is 81.8 Å². The van der Waals surface area contributed by atoms with Gasteiger partial charge in [-0.1, -0.05) is 89.5 Å². The highest BCUT2D eigenvalue weighted by Crippen LogP contribution is 2.26. The number of likely N-dealkylation sites (tertiary alicyclic amines) is 2. The molecule has 0 aromatic heterocycles. The Bertz CT molecular complexity index is 859. The molecule has 2 N–H and O–H groups in total. The number of methoxy groups -OCH3 is 1. The molecule has 2 aliphatic rings. The van der Waals surface area contributed by atoms with E-state index in [1.165, 1.54) is 7.11 Å². The molecule has 0 aromatic rings. The number of ether oxygens (including phenoxy) is 1. The number of amides is 2. The van der Waals surface area contributed by atoms with Crippen LogP contribution in [0.1, 0.15) is 129 Å². The van der Waals surface area contributed by atoms with Crippen molar-refractivity contribution in [2.75, 3.05) is 13.7 Å². The summed E-state index contributed by atoms with van der Waals surface area (Å²) in [6, 6.07) is -0.867. The summed E-state index contributed by atoms with van der Waals surface area (Å²) in [4.78, 5) is 42.2. The standard InChI is InChI=1S/C34H58N2O6/c1-4-6-9-17-29(37)24-22-27-15-13-20-32(39)35(27)26-12-8-11-19-31(34(41)42-3)36-28(16-14-21-33(36)40)23-25-30(38)18-10-7-5-2/h22-25,27-31,37-38H,4-21,26H2,1-3H3. The second-order valence-corrected chi connectivity index (χ2v) is 12.1. The number of carbonyl (C=O) groups is 3. The summed E-state index contributed by atoms with van der Waals surface area (Å²) in [5.74, 6) is -0.285. The molecule has 0 spiro atoms. The summed E-state index contributed by atoms with van der Waals surface area (Å²) < 4.78 is 5.12.